The van der Waals surface area contributed by atoms with Crippen LogP contribution >= 0.6 is 159 Å². The van der Waals surface area contributed by atoms with E-state index in [2.05, 4.69) is 173 Å². The maximum absolute atomic E-state index is 14.2. The van der Waals surface area contributed by atoms with Crippen LogP contribution < -0.4 is 9.47 Å². The highest BCUT2D eigenvalue weighted by Gasteiger charge is 2.26. The minimum atomic E-state index is -3.94. The fourth-order valence-electron chi connectivity index (χ4n) is 4.51. The number of sulfone groups is 1. The number of benzene rings is 4. The Labute approximate surface area is 347 Å². The number of fused-ring (bicyclic) bond motifs is 2. The van der Waals surface area contributed by atoms with E-state index in [-0.39, 0.29) is 29.1 Å². The van der Waals surface area contributed by atoms with Gasteiger partial charge in [-0.15, -0.1) is 0 Å². The molecule has 0 aliphatic rings. The van der Waals surface area contributed by atoms with Gasteiger partial charge in [0.1, 0.15) is 24.7 Å². The van der Waals surface area contributed by atoms with Crippen molar-refractivity contribution in [1.82, 2.24) is 0 Å². The largest absolute Gasteiger partial charge is 0.490 e. The molecule has 0 heterocycles. The van der Waals surface area contributed by atoms with Crippen molar-refractivity contribution < 1.29 is 17.9 Å². The third-order valence-corrected chi connectivity index (χ3v) is 19.6. The van der Waals surface area contributed by atoms with Gasteiger partial charge in [-0.2, -0.15) is 0 Å². The lowest BCUT2D eigenvalue weighted by Crippen LogP contribution is -2.21. The lowest BCUT2D eigenvalue weighted by molar-refractivity contribution is 0.318. The van der Waals surface area contributed by atoms with E-state index >= 15 is 0 Å². The minimum Gasteiger partial charge on any atom is -0.490 e. The Morgan fingerprint density at radius 3 is 1.24 bits per heavy atom. The van der Waals surface area contributed by atoms with Crippen LogP contribution in [-0.4, -0.2) is 40.9 Å². The molecule has 4 aromatic rings. The van der Waals surface area contributed by atoms with Gasteiger partial charge in [-0.1, -0.05) is 77.6 Å². The Morgan fingerprint density at radius 1 is 0.556 bits per heavy atom. The monoisotopic (exact) mass is 1270 g/mol. The Hall–Kier alpha value is 1.75. The molecule has 4 unspecified atom stereocenters. The van der Waals surface area contributed by atoms with E-state index in [1.807, 2.05) is 12.1 Å². The Kier molecular flexibility index (Phi) is 14.8. The molecule has 0 saturated heterocycles. The lowest BCUT2D eigenvalue weighted by atomic mass is 10.1. The molecule has 244 valence electrons. The summed E-state index contributed by atoms with van der Waals surface area (Å²) in [5.74, 6) is 1.23. The molecule has 0 bridgehead atoms. The van der Waals surface area contributed by atoms with E-state index < -0.39 is 9.84 Å². The summed E-state index contributed by atoms with van der Waals surface area (Å²) in [6.07, 6.45) is 1.87. The first-order valence-electron chi connectivity index (χ1n) is 13.4. The molecule has 0 radical (unpaired) electrons. The molecule has 0 aliphatic heterocycles. The number of halogens is 10. The number of alkyl halides is 4. The maximum Gasteiger partial charge on any atom is 0.206 e. The zero-order valence-corrected chi connectivity index (χ0v) is 40.1. The van der Waals surface area contributed by atoms with Gasteiger partial charge in [-0.25, -0.2) is 8.42 Å². The van der Waals surface area contributed by atoms with Crippen LogP contribution in [0.1, 0.15) is 26.7 Å². The van der Waals surface area contributed by atoms with Crippen LogP contribution in [0.4, 0.5) is 0 Å². The first-order chi connectivity index (χ1) is 21.1. The normalized spacial score (nSPS) is 14.8. The summed E-state index contributed by atoms with van der Waals surface area (Å²) >= 11 is 36.6. The van der Waals surface area contributed by atoms with Gasteiger partial charge < -0.3 is 9.47 Å². The molecule has 4 aromatic carbocycles. The van der Waals surface area contributed by atoms with Crippen LogP contribution in [0.5, 0.6) is 11.5 Å². The van der Waals surface area contributed by atoms with Gasteiger partial charge in [0, 0.05) is 38.3 Å². The molecule has 0 aromatic heterocycles. The second-order valence-corrected chi connectivity index (χ2v) is 21.7. The summed E-state index contributed by atoms with van der Waals surface area (Å²) in [6, 6.07) is 10.4. The van der Waals surface area contributed by atoms with Gasteiger partial charge in [-0.3, -0.25) is 0 Å². The molecule has 0 aliphatic carbocycles. The Morgan fingerprint density at radius 2 is 0.911 bits per heavy atom. The fraction of sp³-hybridized carbons (Fsp3) is 0.333. The Balaban J connectivity index is 1.80. The van der Waals surface area contributed by atoms with E-state index in [1.54, 1.807) is 24.3 Å². The van der Waals surface area contributed by atoms with Crippen molar-refractivity contribution >= 4 is 191 Å². The predicted octanol–water partition coefficient (Wildman–Crippen LogP) is 14.0. The number of rotatable bonds is 12. The molecule has 15 heteroatoms. The van der Waals surface area contributed by atoms with Crippen molar-refractivity contribution in [2.75, 3.05) is 13.2 Å². The van der Waals surface area contributed by atoms with Crippen LogP contribution in [-0.2, 0) is 9.84 Å². The highest BCUT2D eigenvalue weighted by atomic mass is 79.9. The summed E-state index contributed by atoms with van der Waals surface area (Å²) in [5.41, 5.74) is 0. The van der Waals surface area contributed by atoms with Gasteiger partial charge in [0.05, 0.1) is 28.4 Å². The lowest BCUT2D eigenvalue weighted by Gasteiger charge is -2.20. The third kappa shape index (κ3) is 8.80. The van der Waals surface area contributed by atoms with E-state index in [1.165, 1.54) is 0 Å². The zero-order chi connectivity index (χ0) is 33.4. The fourth-order valence-corrected chi connectivity index (χ4v) is 10.5. The van der Waals surface area contributed by atoms with Crippen molar-refractivity contribution in [3.63, 3.8) is 0 Å². The summed E-state index contributed by atoms with van der Waals surface area (Å²) in [4.78, 5) is 0.942. The van der Waals surface area contributed by atoms with Crippen molar-refractivity contribution in [2.24, 2.45) is 0 Å². The summed E-state index contributed by atoms with van der Waals surface area (Å²) < 4.78 is 45.1. The summed E-state index contributed by atoms with van der Waals surface area (Å²) in [6.45, 7) is 5.02. The van der Waals surface area contributed by atoms with Crippen LogP contribution in [0.3, 0.4) is 0 Å². The highest BCUT2D eigenvalue weighted by Crippen LogP contribution is 2.47. The third-order valence-electron chi connectivity index (χ3n) is 6.98. The highest BCUT2D eigenvalue weighted by molar-refractivity contribution is 9.14. The number of hydrogen-bond donors (Lipinski definition) is 0. The second-order valence-electron chi connectivity index (χ2n) is 10.0. The van der Waals surface area contributed by atoms with E-state index in [9.17, 15) is 8.42 Å². The SMILES string of the molecule is CCC(Br)C(Br)COc1c(Br)c(Br)cc2cc(S(=O)(=O)c3cc(Br)c4c(OCC(Br)C(Br)CC)c(Br)c(Br)cc4c3)cc(Br)c12. The topological polar surface area (TPSA) is 52.6 Å². The average molecular weight is 1280 g/mol. The van der Waals surface area contributed by atoms with Crippen molar-refractivity contribution in [3.8, 4) is 11.5 Å². The van der Waals surface area contributed by atoms with Gasteiger partial charge in [0.2, 0.25) is 9.84 Å². The van der Waals surface area contributed by atoms with Gasteiger partial charge in [-0.05, 0) is 156 Å². The van der Waals surface area contributed by atoms with E-state index in [0.29, 0.717) is 44.4 Å². The number of hydrogen-bond acceptors (Lipinski definition) is 4. The van der Waals surface area contributed by atoms with Crippen LogP contribution in [0, 0.1) is 0 Å². The number of ether oxygens (including phenoxy) is 2. The zero-order valence-electron chi connectivity index (χ0n) is 23.4. The van der Waals surface area contributed by atoms with Crippen molar-refractivity contribution in [3.05, 3.63) is 63.2 Å². The summed E-state index contributed by atoms with van der Waals surface area (Å²) in [7, 11) is -3.94. The van der Waals surface area contributed by atoms with Gasteiger partial charge >= 0.3 is 0 Å². The molecule has 4 rings (SSSR count). The first-order valence-corrected chi connectivity index (χ1v) is 23.3. The van der Waals surface area contributed by atoms with Crippen LogP contribution in [0.15, 0.2) is 73.0 Å². The molecule has 4 nitrogen and oxygen atoms in total. The summed E-state index contributed by atoms with van der Waals surface area (Å²) in [5, 5.41) is 2.93. The molecule has 0 fully saturated rings. The molecule has 45 heavy (non-hydrogen) atoms. The van der Waals surface area contributed by atoms with Crippen molar-refractivity contribution in [1.29, 1.82) is 0 Å². The van der Waals surface area contributed by atoms with Gasteiger partial charge in [0.15, 0.2) is 0 Å². The van der Waals surface area contributed by atoms with E-state index in [0.717, 1.165) is 41.5 Å². The molecular weight excluding hydrogens is 1260 g/mol. The molecular formula is C30H24Br10O4S. The second kappa shape index (κ2) is 16.8. The predicted molar refractivity (Wildman–Crippen MR) is 222 cm³/mol. The maximum atomic E-state index is 14.2. The molecule has 0 amide bonds. The molecule has 0 spiro atoms. The van der Waals surface area contributed by atoms with Crippen molar-refractivity contribution in [2.45, 2.75) is 55.8 Å². The minimum absolute atomic E-state index is 0.0818. The van der Waals surface area contributed by atoms with E-state index in [4.69, 9.17) is 9.47 Å². The molecule has 4 atom stereocenters. The van der Waals surface area contributed by atoms with Gasteiger partial charge in [0.25, 0.3) is 0 Å². The van der Waals surface area contributed by atoms with Crippen LogP contribution in [0.25, 0.3) is 21.5 Å². The molecule has 0 saturated carbocycles. The average Bonchev–Trinajstić information content (AvgIpc) is 3.00. The molecule has 0 N–H and O–H groups in total. The smallest absolute Gasteiger partial charge is 0.206 e. The first kappa shape index (κ1) is 39.5. The quantitative estimate of drug-likeness (QED) is 0.133. The van der Waals surface area contributed by atoms with Crippen LogP contribution in [0.2, 0.25) is 0 Å². The Bertz CT molecular complexity index is 1720. The standard InChI is InChI=1S/C30H24Br10O4S/c1-3-17(31)23(37)11-43-29-25-13(7-21(35)27(29)39)5-15(9-19(25)33)45(41,42)16-6-14-8-22(36)28(40)30(26(14)20(34)10-16)44-12-24(38)18(32)4-2/h5-10,17-18,23-24H,3-4,11-12H2,1-2H3.